The van der Waals surface area contributed by atoms with Crippen LogP contribution in [-0.4, -0.2) is 21.5 Å². The number of pyridine rings is 1. The Hall–Kier alpha value is -2.21. The number of nitrogens with one attached hydrogen (secondary N) is 1. The van der Waals surface area contributed by atoms with Crippen LogP contribution in [0.15, 0.2) is 30.5 Å². The molecule has 6 heteroatoms. The summed E-state index contributed by atoms with van der Waals surface area (Å²) in [6.45, 7) is 5.60. The number of hydrogen-bond donors (Lipinski definition) is 2. The SMILES string of the molecule is CCN(Cc1cccc(C)n1)c1ccnc(NN)n1. The number of nitrogen functional groups attached to an aromatic ring is 1. The highest BCUT2D eigenvalue weighted by Gasteiger charge is 2.08. The second-order valence-corrected chi connectivity index (χ2v) is 4.17. The van der Waals surface area contributed by atoms with Crippen molar-refractivity contribution in [3.63, 3.8) is 0 Å². The number of aryl methyl sites for hydroxylation is 1. The van der Waals surface area contributed by atoms with E-state index < -0.39 is 0 Å². The van der Waals surface area contributed by atoms with E-state index in [-0.39, 0.29) is 0 Å². The van der Waals surface area contributed by atoms with Gasteiger partial charge in [-0.3, -0.25) is 10.4 Å². The van der Waals surface area contributed by atoms with E-state index in [1.807, 2.05) is 31.2 Å². The van der Waals surface area contributed by atoms with Crippen LogP contribution in [0.3, 0.4) is 0 Å². The number of nitrogens with two attached hydrogens (primary N) is 1. The van der Waals surface area contributed by atoms with Gasteiger partial charge in [0.15, 0.2) is 0 Å². The van der Waals surface area contributed by atoms with Crippen LogP contribution in [0.1, 0.15) is 18.3 Å². The minimum absolute atomic E-state index is 0.410. The number of hydrogen-bond acceptors (Lipinski definition) is 6. The number of rotatable bonds is 5. The molecular weight excluding hydrogens is 240 g/mol. The highest BCUT2D eigenvalue weighted by atomic mass is 15.3. The summed E-state index contributed by atoms with van der Waals surface area (Å²) in [5, 5.41) is 0. The normalized spacial score (nSPS) is 10.3. The predicted octanol–water partition coefficient (Wildman–Crippen LogP) is 1.49. The van der Waals surface area contributed by atoms with Gasteiger partial charge in [-0.25, -0.2) is 10.8 Å². The van der Waals surface area contributed by atoms with Gasteiger partial charge in [-0.1, -0.05) is 6.07 Å². The maximum Gasteiger partial charge on any atom is 0.239 e. The van der Waals surface area contributed by atoms with Crippen molar-refractivity contribution >= 4 is 11.8 Å². The predicted molar refractivity (Wildman–Crippen MR) is 75.5 cm³/mol. The highest BCUT2D eigenvalue weighted by Crippen LogP contribution is 2.14. The maximum absolute atomic E-state index is 5.33. The van der Waals surface area contributed by atoms with Crippen LogP contribution in [0, 0.1) is 6.92 Å². The van der Waals surface area contributed by atoms with Crippen LogP contribution in [0.25, 0.3) is 0 Å². The molecule has 0 aliphatic rings. The Morgan fingerprint density at radius 1 is 1.26 bits per heavy atom. The van der Waals surface area contributed by atoms with Crippen LogP contribution in [0.4, 0.5) is 11.8 Å². The van der Waals surface area contributed by atoms with Gasteiger partial charge >= 0.3 is 0 Å². The quantitative estimate of drug-likeness (QED) is 0.625. The van der Waals surface area contributed by atoms with Crippen molar-refractivity contribution in [3.05, 3.63) is 41.9 Å². The Morgan fingerprint density at radius 3 is 2.79 bits per heavy atom. The van der Waals surface area contributed by atoms with E-state index in [1.54, 1.807) is 6.20 Å². The molecule has 0 aromatic carbocycles. The van der Waals surface area contributed by atoms with Gasteiger partial charge in [0.1, 0.15) is 5.82 Å². The van der Waals surface area contributed by atoms with E-state index >= 15 is 0 Å². The molecule has 2 aromatic rings. The first-order valence-corrected chi connectivity index (χ1v) is 6.20. The average molecular weight is 258 g/mol. The monoisotopic (exact) mass is 258 g/mol. The Bertz CT molecular complexity index is 542. The summed E-state index contributed by atoms with van der Waals surface area (Å²) in [6.07, 6.45) is 1.68. The Balaban J connectivity index is 2.19. The van der Waals surface area contributed by atoms with Crippen LogP contribution in [-0.2, 0) is 6.54 Å². The highest BCUT2D eigenvalue weighted by molar-refractivity contribution is 5.42. The van der Waals surface area contributed by atoms with Gasteiger partial charge in [-0.05, 0) is 32.0 Å². The van der Waals surface area contributed by atoms with Gasteiger partial charge in [0.2, 0.25) is 5.95 Å². The topological polar surface area (TPSA) is 80.0 Å². The van der Waals surface area contributed by atoms with Crippen molar-refractivity contribution in [2.24, 2.45) is 5.84 Å². The summed E-state index contributed by atoms with van der Waals surface area (Å²) in [7, 11) is 0. The zero-order chi connectivity index (χ0) is 13.7. The minimum atomic E-state index is 0.410. The molecule has 0 radical (unpaired) electrons. The summed E-state index contributed by atoms with van der Waals surface area (Å²) in [5.74, 6) is 6.56. The van der Waals surface area contributed by atoms with Crippen LogP contribution in [0.2, 0.25) is 0 Å². The number of nitrogens with zero attached hydrogens (tertiary/aromatic N) is 4. The second-order valence-electron chi connectivity index (χ2n) is 4.17. The molecule has 0 aliphatic carbocycles. The molecule has 100 valence electrons. The molecule has 3 N–H and O–H groups in total. The first kappa shape index (κ1) is 13.2. The molecule has 0 spiro atoms. The lowest BCUT2D eigenvalue weighted by atomic mass is 10.3. The lowest BCUT2D eigenvalue weighted by molar-refractivity contribution is 0.788. The zero-order valence-corrected chi connectivity index (χ0v) is 11.2. The molecule has 0 fully saturated rings. The molecule has 0 atom stereocenters. The number of anilines is 2. The van der Waals surface area contributed by atoms with Gasteiger partial charge in [-0.15, -0.1) is 0 Å². The first-order chi connectivity index (χ1) is 9.22. The summed E-state index contributed by atoms with van der Waals surface area (Å²) >= 11 is 0. The molecular formula is C13H18N6. The Labute approximate surface area is 112 Å². The van der Waals surface area contributed by atoms with Crippen molar-refractivity contribution in [1.82, 2.24) is 15.0 Å². The fraction of sp³-hybridized carbons (Fsp3) is 0.308. The zero-order valence-electron chi connectivity index (χ0n) is 11.2. The molecule has 0 amide bonds. The van der Waals surface area contributed by atoms with Crippen molar-refractivity contribution in [2.45, 2.75) is 20.4 Å². The molecule has 0 unspecified atom stereocenters. The first-order valence-electron chi connectivity index (χ1n) is 6.20. The Morgan fingerprint density at radius 2 is 2.11 bits per heavy atom. The third-order valence-corrected chi connectivity index (χ3v) is 2.77. The molecule has 0 bridgehead atoms. The van der Waals surface area contributed by atoms with E-state index in [0.29, 0.717) is 12.5 Å². The second kappa shape index (κ2) is 6.10. The van der Waals surface area contributed by atoms with Crippen LogP contribution < -0.4 is 16.2 Å². The van der Waals surface area contributed by atoms with E-state index in [2.05, 4.69) is 32.2 Å². The fourth-order valence-electron chi connectivity index (χ4n) is 1.83. The fourth-order valence-corrected chi connectivity index (χ4v) is 1.83. The van der Waals surface area contributed by atoms with Crippen molar-refractivity contribution < 1.29 is 0 Å². The molecule has 2 rings (SSSR count). The lowest BCUT2D eigenvalue weighted by Gasteiger charge is -2.21. The van der Waals surface area contributed by atoms with Crippen LogP contribution >= 0.6 is 0 Å². The van der Waals surface area contributed by atoms with Gasteiger partial charge in [0.25, 0.3) is 0 Å². The van der Waals surface area contributed by atoms with Crippen LogP contribution in [0.5, 0.6) is 0 Å². The molecule has 6 nitrogen and oxygen atoms in total. The molecule has 0 aliphatic heterocycles. The maximum atomic E-state index is 5.33. The lowest BCUT2D eigenvalue weighted by Crippen LogP contribution is -2.24. The van der Waals surface area contributed by atoms with E-state index in [0.717, 1.165) is 23.8 Å². The van der Waals surface area contributed by atoms with E-state index in [9.17, 15) is 0 Å². The van der Waals surface area contributed by atoms with E-state index in [1.165, 1.54) is 0 Å². The Kier molecular flexibility index (Phi) is 4.25. The average Bonchev–Trinajstić information content (AvgIpc) is 2.45. The molecule has 2 aromatic heterocycles. The van der Waals surface area contributed by atoms with E-state index in [4.69, 9.17) is 5.84 Å². The smallest absolute Gasteiger partial charge is 0.239 e. The standard InChI is InChI=1S/C13H18N6/c1-3-19(9-11-6-4-5-10(2)16-11)12-7-8-15-13(17-12)18-14/h4-8H,3,9,14H2,1-2H3,(H,15,17,18). The third-order valence-electron chi connectivity index (χ3n) is 2.77. The molecule has 19 heavy (non-hydrogen) atoms. The van der Waals surface area contributed by atoms with Crippen molar-refractivity contribution in [3.8, 4) is 0 Å². The molecule has 0 saturated heterocycles. The third kappa shape index (κ3) is 3.38. The number of aromatic nitrogens is 3. The number of hydrazine groups is 1. The summed E-state index contributed by atoms with van der Waals surface area (Å²) in [4.78, 5) is 15.0. The summed E-state index contributed by atoms with van der Waals surface area (Å²) in [5.41, 5.74) is 4.49. The van der Waals surface area contributed by atoms with Gasteiger partial charge in [0, 0.05) is 18.4 Å². The molecule has 2 heterocycles. The summed E-state index contributed by atoms with van der Waals surface area (Å²) < 4.78 is 0. The summed E-state index contributed by atoms with van der Waals surface area (Å²) in [6, 6.07) is 7.87. The van der Waals surface area contributed by atoms with Gasteiger partial charge in [-0.2, -0.15) is 4.98 Å². The largest absolute Gasteiger partial charge is 0.351 e. The van der Waals surface area contributed by atoms with Crippen molar-refractivity contribution in [2.75, 3.05) is 16.9 Å². The minimum Gasteiger partial charge on any atom is -0.351 e. The van der Waals surface area contributed by atoms with Gasteiger partial charge in [0.05, 0.1) is 12.2 Å². The van der Waals surface area contributed by atoms with Crippen molar-refractivity contribution in [1.29, 1.82) is 0 Å². The van der Waals surface area contributed by atoms with Gasteiger partial charge < -0.3 is 4.90 Å². The molecule has 0 saturated carbocycles.